The molecule has 0 heterocycles. The first-order valence-electron chi connectivity index (χ1n) is 10.6. The first-order chi connectivity index (χ1) is 15.2. The van der Waals surface area contributed by atoms with E-state index in [9.17, 15) is 18.0 Å². The van der Waals surface area contributed by atoms with E-state index in [0.29, 0.717) is 5.02 Å². The normalized spacial score (nSPS) is 12.7. The smallest absolute Gasteiger partial charge is 0.244 e. The number of benzene rings is 2. The molecule has 7 nitrogen and oxygen atoms in total. The van der Waals surface area contributed by atoms with Gasteiger partial charge < -0.3 is 10.2 Å². The average molecular weight is 494 g/mol. The van der Waals surface area contributed by atoms with Crippen molar-refractivity contribution in [1.29, 1.82) is 0 Å². The van der Waals surface area contributed by atoms with Crippen LogP contribution in [0.2, 0.25) is 5.02 Å². The number of hydrogen-bond acceptors (Lipinski definition) is 4. The molecule has 1 atom stereocenters. The van der Waals surface area contributed by atoms with Gasteiger partial charge in [-0.3, -0.25) is 13.9 Å². The third-order valence-electron chi connectivity index (χ3n) is 4.88. The zero-order chi connectivity index (χ0) is 25.0. The van der Waals surface area contributed by atoms with Gasteiger partial charge in [-0.15, -0.1) is 0 Å². The maximum absolute atomic E-state index is 13.5. The Bertz CT molecular complexity index is 1110. The molecule has 0 aliphatic heterocycles. The third-order valence-corrected chi connectivity index (χ3v) is 6.25. The Morgan fingerprint density at radius 1 is 1.09 bits per heavy atom. The van der Waals surface area contributed by atoms with Crippen molar-refractivity contribution in [3.63, 3.8) is 0 Å². The van der Waals surface area contributed by atoms with Gasteiger partial charge in [-0.1, -0.05) is 47.5 Å². The summed E-state index contributed by atoms with van der Waals surface area (Å²) in [5.41, 5.74) is 1.65. The van der Waals surface area contributed by atoms with Crippen LogP contribution in [0.1, 0.15) is 38.8 Å². The quantitative estimate of drug-likeness (QED) is 0.606. The van der Waals surface area contributed by atoms with Crippen molar-refractivity contribution in [2.75, 3.05) is 17.1 Å². The van der Waals surface area contributed by atoms with E-state index < -0.39 is 34.1 Å². The molecule has 2 amide bonds. The minimum absolute atomic E-state index is 0.159. The van der Waals surface area contributed by atoms with Gasteiger partial charge in [-0.05, 0) is 58.4 Å². The highest BCUT2D eigenvalue weighted by molar-refractivity contribution is 7.92. The number of anilines is 1. The molecule has 33 heavy (non-hydrogen) atoms. The van der Waals surface area contributed by atoms with Crippen LogP contribution in [0.25, 0.3) is 0 Å². The van der Waals surface area contributed by atoms with Crippen molar-refractivity contribution in [2.24, 2.45) is 0 Å². The largest absolute Gasteiger partial charge is 0.350 e. The van der Waals surface area contributed by atoms with E-state index in [-0.39, 0.29) is 18.1 Å². The highest BCUT2D eigenvalue weighted by atomic mass is 35.5. The Morgan fingerprint density at radius 2 is 1.73 bits per heavy atom. The maximum atomic E-state index is 13.5. The van der Waals surface area contributed by atoms with Crippen LogP contribution in [-0.4, -0.2) is 49.5 Å². The van der Waals surface area contributed by atoms with Gasteiger partial charge in [0.2, 0.25) is 21.8 Å². The molecule has 180 valence electrons. The number of hydrogen-bond donors (Lipinski definition) is 1. The van der Waals surface area contributed by atoms with Crippen molar-refractivity contribution < 1.29 is 18.0 Å². The molecule has 2 rings (SSSR count). The van der Waals surface area contributed by atoms with Gasteiger partial charge in [-0.25, -0.2) is 8.42 Å². The molecule has 2 aromatic rings. The molecule has 0 unspecified atom stereocenters. The van der Waals surface area contributed by atoms with Crippen molar-refractivity contribution in [3.05, 3.63) is 64.7 Å². The Kier molecular flexibility index (Phi) is 8.54. The van der Waals surface area contributed by atoms with E-state index in [0.717, 1.165) is 21.7 Å². The highest BCUT2D eigenvalue weighted by Gasteiger charge is 2.31. The summed E-state index contributed by atoms with van der Waals surface area (Å²) in [4.78, 5) is 27.8. The molecule has 0 aliphatic rings. The van der Waals surface area contributed by atoms with Crippen molar-refractivity contribution in [2.45, 2.75) is 52.7 Å². The molecule has 0 radical (unpaired) electrons. The van der Waals surface area contributed by atoms with Crippen LogP contribution in [0.5, 0.6) is 0 Å². The Balaban J connectivity index is 2.41. The summed E-state index contributed by atoms with van der Waals surface area (Å²) in [6.45, 7) is 8.85. The number of nitrogens with zero attached hydrogens (tertiary/aromatic N) is 2. The lowest BCUT2D eigenvalue weighted by atomic mass is 10.1. The summed E-state index contributed by atoms with van der Waals surface area (Å²) in [7, 11) is -3.79. The number of rotatable bonds is 8. The van der Waals surface area contributed by atoms with Gasteiger partial charge >= 0.3 is 0 Å². The van der Waals surface area contributed by atoms with Gasteiger partial charge in [0.25, 0.3) is 0 Å². The predicted molar refractivity (Wildman–Crippen MR) is 133 cm³/mol. The molecular formula is C24H32ClN3O4S. The minimum Gasteiger partial charge on any atom is -0.350 e. The van der Waals surface area contributed by atoms with Gasteiger partial charge in [0.1, 0.15) is 12.6 Å². The molecule has 1 N–H and O–H groups in total. The molecule has 0 aromatic heterocycles. The fourth-order valence-corrected chi connectivity index (χ4v) is 4.33. The monoisotopic (exact) mass is 493 g/mol. The van der Waals surface area contributed by atoms with E-state index in [2.05, 4.69) is 5.32 Å². The lowest BCUT2D eigenvalue weighted by molar-refractivity contribution is -0.140. The number of sulfonamides is 1. The Labute approximate surface area is 201 Å². The molecule has 0 aliphatic carbocycles. The maximum Gasteiger partial charge on any atom is 0.244 e. The summed E-state index contributed by atoms with van der Waals surface area (Å²) >= 11 is 6.04. The number of halogens is 1. The molecular weight excluding hydrogens is 462 g/mol. The van der Waals surface area contributed by atoms with Crippen LogP contribution in [0.4, 0.5) is 5.69 Å². The zero-order valence-electron chi connectivity index (χ0n) is 19.9. The first kappa shape index (κ1) is 26.7. The standard InChI is InChI=1S/C24H32ClN3O4S/c1-17-9-7-10-19(13-17)15-27(18(2)23(30)26-24(3,4)5)22(29)16-28(33(6,31)32)21-12-8-11-20(25)14-21/h7-14,18H,15-16H2,1-6H3,(H,26,30)/t18-/m1/s1. The summed E-state index contributed by atoms with van der Waals surface area (Å²) < 4.78 is 26.1. The van der Waals surface area contributed by atoms with Crippen LogP contribution < -0.4 is 9.62 Å². The van der Waals surface area contributed by atoms with E-state index >= 15 is 0 Å². The van der Waals surface area contributed by atoms with Gasteiger partial charge in [0.15, 0.2) is 0 Å². The zero-order valence-corrected chi connectivity index (χ0v) is 21.5. The summed E-state index contributed by atoms with van der Waals surface area (Å²) in [6.07, 6.45) is 1.03. The topological polar surface area (TPSA) is 86.8 Å². The fourth-order valence-electron chi connectivity index (χ4n) is 3.31. The van der Waals surface area contributed by atoms with Crippen LogP contribution in [0.3, 0.4) is 0 Å². The number of nitrogens with one attached hydrogen (secondary N) is 1. The lowest BCUT2D eigenvalue weighted by Crippen LogP contribution is -2.54. The number of aryl methyl sites for hydroxylation is 1. The molecule has 2 aromatic carbocycles. The van der Waals surface area contributed by atoms with Crippen LogP contribution in [0.15, 0.2) is 48.5 Å². The summed E-state index contributed by atoms with van der Waals surface area (Å²) in [5.74, 6) is -0.823. The predicted octanol–water partition coefficient (Wildman–Crippen LogP) is 3.75. The number of carbonyl (C=O) groups excluding carboxylic acids is 2. The molecule has 0 saturated carbocycles. The van der Waals surface area contributed by atoms with E-state index in [4.69, 9.17) is 11.6 Å². The highest BCUT2D eigenvalue weighted by Crippen LogP contribution is 2.22. The van der Waals surface area contributed by atoms with Crippen molar-refractivity contribution in [3.8, 4) is 0 Å². The second-order valence-corrected chi connectivity index (χ2v) is 11.5. The summed E-state index contributed by atoms with van der Waals surface area (Å²) in [5, 5.41) is 3.24. The number of amides is 2. The Morgan fingerprint density at radius 3 is 2.27 bits per heavy atom. The minimum atomic E-state index is -3.79. The SMILES string of the molecule is Cc1cccc(CN(C(=O)CN(c2cccc(Cl)c2)S(C)(=O)=O)[C@H](C)C(=O)NC(C)(C)C)c1. The summed E-state index contributed by atoms with van der Waals surface area (Å²) in [6, 6.07) is 13.1. The van der Waals surface area contributed by atoms with Crippen molar-refractivity contribution >= 4 is 39.1 Å². The second kappa shape index (κ2) is 10.6. The third kappa shape index (κ3) is 8.05. The first-order valence-corrected chi connectivity index (χ1v) is 12.8. The van der Waals surface area contributed by atoms with Gasteiger partial charge in [-0.2, -0.15) is 0 Å². The second-order valence-electron chi connectivity index (χ2n) is 9.18. The van der Waals surface area contributed by atoms with E-state index in [1.807, 2.05) is 52.0 Å². The lowest BCUT2D eigenvalue weighted by Gasteiger charge is -2.33. The molecule has 0 bridgehead atoms. The van der Waals surface area contributed by atoms with Crippen molar-refractivity contribution in [1.82, 2.24) is 10.2 Å². The molecule has 0 saturated heterocycles. The fraction of sp³-hybridized carbons (Fsp3) is 0.417. The average Bonchev–Trinajstić information content (AvgIpc) is 2.67. The van der Waals surface area contributed by atoms with Gasteiger partial charge in [0, 0.05) is 17.1 Å². The molecule has 0 fully saturated rings. The van der Waals surface area contributed by atoms with E-state index in [1.165, 1.54) is 11.0 Å². The van der Waals surface area contributed by atoms with E-state index in [1.54, 1.807) is 25.1 Å². The molecule has 9 heteroatoms. The molecule has 0 spiro atoms. The van der Waals surface area contributed by atoms with Crippen LogP contribution in [0, 0.1) is 6.92 Å². The van der Waals surface area contributed by atoms with Gasteiger partial charge in [0.05, 0.1) is 11.9 Å². The van der Waals surface area contributed by atoms with Crippen LogP contribution >= 0.6 is 11.6 Å². The Hall–Kier alpha value is -2.58. The van der Waals surface area contributed by atoms with Crippen LogP contribution in [-0.2, 0) is 26.2 Å². The number of carbonyl (C=O) groups is 2.